The van der Waals surface area contributed by atoms with Gasteiger partial charge in [0.05, 0.1) is 6.61 Å². The molecule has 12 nitrogen and oxygen atoms in total. The van der Waals surface area contributed by atoms with Gasteiger partial charge in [-0.25, -0.2) is 4.79 Å². The van der Waals surface area contributed by atoms with E-state index in [9.17, 15) is 9.59 Å². The maximum absolute atomic E-state index is 10.1. The summed E-state index contributed by atoms with van der Waals surface area (Å²) < 4.78 is 0. The van der Waals surface area contributed by atoms with Crippen LogP contribution in [0.1, 0.15) is 12.8 Å². The van der Waals surface area contributed by atoms with Gasteiger partial charge < -0.3 is 52.2 Å². The Morgan fingerprint density at radius 2 is 1.67 bits per heavy atom. The lowest BCUT2D eigenvalue weighted by Crippen LogP contribution is -2.46. The first kappa shape index (κ1) is 24.4. The number of carboxylic acid groups (broad SMARTS) is 1. The zero-order valence-electron chi connectivity index (χ0n) is 12.9. The molecule has 1 saturated heterocycles. The lowest BCUT2D eigenvalue weighted by Gasteiger charge is -2.22. The minimum atomic E-state index is -1.79. The van der Waals surface area contributed by atoms with Crippen molar-refractivity contribution in [2.45, 2.75) is 43.3 Å². The van der Waals surface area contributed by atoms with Gasteiger partial charge in [-0.2, -0.15) is 0 Å². The van der Waals surface area contributed by atoms with Crippen molar-refractivity contribution in [3.63, 3.8) is 0 Å². The van der Waals surface area contributed by atoms with E-state index < -0.39 is 43.0 Å². The standard InChI is InChI=1S/C6H12O6.C5H9NO2.CH4N2O/c7-1-3(9)5(11)6(12)4(10)2-8;7-5(8)4-2-1-3-6-4;2-1(3)4/h1,3-6,8-12H,2H2;4,6H,1-3H2,(H,7,8);(H4,2,3,4)/t;4-;/m.0./s1. The van der Waals surface area contributed by atoms with Crippen molar-refractivity contribution in [1.29, 1.82) is 0 Å². The molecule has 0 saturated carbocycles. The van der Waals surface area contributed by atoms with Gasteiger partial charge in [-0.1, -0.05) is 0 Å². The van der Waals surface area contributed by atoms with E-state index in [0.29, 0.717) is 0 Å². The van der Waals surface area contributed by atoms with Crippen molar-refractivity contribution < 1.29 is 45.0 Å². The molecule has 0 spiro atoms. The third-order valence-electron chi connectivity index (χ3n) is 2.78. The minimum absolute atomic E-state index is 0.0258. The van der Waals surface area contributed by atoms with E-state index in [1.165, 1.54) is 0 Å². The van der Waals surface area contributed by atoms with E-state index in [2.05, 4.69) is 16.8 Å². The first-order valence-electron chi connectivity index (χ1n) is 6.87. The fourth-order valence-electron chi connectivity index (χ4n) is 1.51. The number of aliphatic carboxylic acids is 1. The fraction of sp³-hybridized carbons (Fsp3) is 0.750. The molecule has 0 aromatic heterocycles. The maximum Gasteiger partial charge on any atom is 0.320 e. The Labute approximate surface area is 137 Å². The number of urea groups is 1. The van der Waals surface area contributed by atoms with Gasteiger partial charge in [0.15, 0.2) is 6.29 Å². The molecule has 0 aliphatic carbocycles. The van der Waals surface area contributed by atoms with Gasteiger partial charge in [0, 0.05) is 0 Å². The van der Waals surface area contributed by atoms with Crippen LogP contribution in [0.5, 0.6) is 0 Å². The number of primary amides is 2. The van der Waals surface area contributed by atoms with Crippen LogP contribution in [-0.2, 0) is 9.59 Å². The highest BCUT2D eigenvalue weighted by Gasteiger charge is 2.29. The lowest BCUT2D eigenvalue weighted by atomic mass is 10.0. The van der Waals surface area contributed by atoms with Crippen molar-refractivity contribution in [1.82, 2.24) is 5.32 Å². The molecule has 11 N–H and O–H groups in total. The number of nitrogens with one attached hydrogen (secondary N) is 1. The van der Waals surface area contributed by atoms with Crippen LogP contribution in [0.3, 0.4) is 0 Å². The summed E-state index contributed by atoms with van der Waals surface area (Å²) in [6.07, 6.45) is -5.06. The Kier molecular flexibility index (Phi) is 13.8. The Balaban J connectivity index is 0. The Morgan fingerprint density at radius 1 is 1.17 bits per heavy atom. The molecule has 12 heteroatoms. The maximum atomic E-state index is 10.1. The van der Waals surface area contributed by atoms with Crippen LogP contribution < -0.4 is 16.8 Å². The number of hydrogen-bond acceptors (Lipinski definition) is 9. The van der Waals surface area contributed by atoms with Crippen molar-refractivity contribution in [3.8, 4) is 0 Å². The van der Waals surface area contributed by atoms with E-state index in [1.54, 1.807) is 0 Å². The molecule has 142 valence electrons. The molecule has 1 fully saturated rings. The van der Waals surface area contributed by atoms with Gasteiger partial charge in [0.1, 0.15) is 30.5 Å². The Hall–Kier alpha value is -1.83. The number of aliphatic hydroxyl groups is 5. The normalized spacial score (nSPS) is 21.0. The number of carbonyl (C=O) groups excluding carboxylic acids is 2. The summed E-state index contributed by atoms with van der Waals surface area (Å²) in [5.41, 5.74) is 8.50. The summed E-state index contributed by atoms with van der Waals surface area (Å²) in [7, 11) is 0. The molecule has 4 unspecified atom stereocenters. The predicted molar refractivity (Wildman–Crippen MR) is 79.6 cm³/mol. The average Bonchev–Trinajstić information content (AvgIpc) is 3.06. The van der Waals surface area contributed by atoms with Crippen LogP contribution in [0, 0.1) is 0 Å². The summed E-state index contributed by atoms with van der Waals surface area (Å²) >= 11 is 0. The zero-order chi connectivity index (χ0) is 19.3. The van der Waals surface area contributed by atoms with E-state index in [-0.39, 0.29) is 12.3 Å². The van der Waals surface area contributed by atoms with E-state index in [4.69, 9.17) is 35.4 Å². The number of nitrogens with two attached hydrogens (primary N) is 2. The third kappa shape index (κ3) is 11.7. The molecule has 1 aliphatic heterocycles. The topological polar surface area (TPSA) is 237 Å². The van der Waals surface area contributed by atoms with E-state index in [0.717, 1.165) is 19.4 Å². The van der Waals surface area contributed by atoms with Crippen LogP contribution in [0.2, 0.25) is 0 Å². The van der Waals surface area contributed by atoms with Crippen molar-refractivity contribution in [2.75, 3.05) is 13.2 Å². The van der Waals surface area contributed by atoms with Gasteiger partial charge in [-0.15, -0.1) is 0 Å². The van der Waals surface area contributed by atoms with Crippen molar-refractivity contribution in [2.24, 2.45) is 11.5 Å². The molecule has 0 aromatic carbocycles. The van der Waals surface area contributed by atoms with Crippen LogP contribution in [-0.4, -0.2) is 92.5 Å². The number of aliphatic hydroxyl groups excluding tert-OH is 5. The number of carbonyl (C=O) groups is 3. The summed E-state index contributed by atoms with van der Waals surface area (Å²) in [5.74, 6) is -0.720. The highest BCUT2D eigenvalue weighted by Crippen LogP contribution is 2.03. The van der Waals surface area contributed by atoms with E-state index >= 15 is 0 Å². The lowest BCUT2D eigenvalue weighted by molar-refractivity contribution is -0.139. The summed E-state index contributed by atoms with van der Waals surface area (Å²) in [5, 5.41) is 54.7. The number of aldehydes is 1. The molecule has 0 radical (unpaired) electrons. The molecular weight excluding hydrogens is 330 g/mol. The quantitative estimate of drug-likeness (QED) is 0.207. The molecular formula is C12H25N3O9. The summed E-state index contributed by atoms with van der Waals surface area (Å²) in [6.45, 7) is 0.0980. The first-order chi connectivity index (χ1) is 11.1. The van der Waals surface area contributed by atoms with Gasteiger partial charge in [-0.05, 0) is 19.4 Å². The van der Waals surface area contributed by atoms with Crippen LogP contribution in [0.4, 0.5) is 4.79 Å². The molecule has 0 aromatic rings. The largest absolute Gasteiger partial charge is 0.480 e. The predicted octanol–water partition coefficient (Wildman–Crippen LogP) is -4.53. The number of hydrogen-bond donors (Lipinski definition) is 9. The molecule has 24 heavy (non-hydrogen) atoms. The van der Waals surface area contributed by atoms with Gasteiger partial charge >= 0.3 is 12.0 Å². The van der Waals surface area contributed by atoms with Crippen LogP contribution in [0.15, 0.2) is 0 Å². The van der Waals surface area contributed by atoms with Gasteiger partial charge in [-0.3, -0.25) is 4.79 Å². The molecule has 1 rings (SSSR count). The van der Waals surface area contributed by atoms with Crippen molar-refractivity contribution in [3.05, 3.63) is 0 Å². The molecule has 2 amide bonds. The molecule has 1 heterocycles. The van der Waals surface area contributed by atoms with E-state index in [1.807, 2.05) is 0 Å². The fourth-order valence-corrected chi connectivity index (χ4v) is 1.51. The van der Waals surface area contributed by atoms with Gasteiger partial charge in [0.25, 0.3) is 0 Å². The number of rotatable bonds is 6. The molecule has 5 atom stereocenters. The minimum Gasteiger partial charge on any atom is -0.480 e. The number of amides is 2. The van der Waals surface area contributed by atoms with Crippen LogP contribution in [0.25, 0.3) is 0 Å². The van der Waals surface area contributed by atoms with Crippen molar-refractivity contribution >= 4 is 18.3 Å². The zero-order valence-corrected chi connectivity index (χ0v) is 12.9. The average molecular weight is 355 g/mol. The smallest absolute Gasteiger partial charge is 0.320 e. The summed E-state index contributed by atoms with van der Waals surface area (Å²) in [6, 6.07) is -1.10. The Bertz CT molecular complexity index is 373. The highest BCUT2D eigenvalue weighted by atomic mass is 16.4. The second-order valence-electron chi connectivity index (χ2n) is 4.75. The molecule has 1 aliphatic rings. The number of carboxylic acids is 1. The first-order valence-corrected chi connectivity index (χ1v) is 6.87. The Morgan fingerprint density at radius 3 is 1.92 bits per heavy atom. The molecule has 0 bridgehead atoms. The highest BCUT2D eigenvalue weighted by molar-refractivity contribution is 5.73. The van der Waals surface area contributed by atoms with Gasteiger partial charge in [0.2, 0.25) is 0 Å². The SMILES string of the molecule is NC(N)=O.O=C(O)[C@@H]1CCCN1.O=CC(O)C(O)C(O)C(O)CO. The second kappa shape index (κ2) is 13.6. The monoisotopic (exact) mass is 355 g/mol. The summed E-state index contributed by atoms with van der Waals surface area (Å²) in [4.78, 5) is 29.0. The van der Waals surface area contributed by atoms with Crippen LogP contribution >= 0.6 is 0 Å². The third-order valence-corrected chi connectivity index (χ3v) is 2.78. The second-order valence-corrected chi connectivity index (χ2v) is 4.75.